The Bertz CT molecular complexity index is 618. The van der Waals surface area contributed by atoms with Gasteiger partial charge in [0.1, 0.15) is 0 Å². The maximum atomic E-state index is 12.5. The van der Waals surface area contributed by atoms with E-state index >= 15 is 0 Å². The van der Waals surface area contributed by atoms with Gasteiger partial charge in [-0.3, -0.25) is 4.79 Å². The van der Waals surface area contributed by atoms with E-state index < -0.39 is 17.6 Å². The number of benzene rings is 2. The van der Waals surface area contributed by atoms with Crippen molar-refractivity contribution in [2.75, 3.05) is 0 Å². The fourth-order valence-electron chi connectivity index (χ4n) is 1.82. The molecular formula is C15H11F3NO. The maximum absolute atomic E-state index is 12.5. The summed E-state index contributed by atoms with van der Waals surface area (Å²) < 4.78 is 37.4. The van der Waals surface area contributed by atoms with E-state index in [1.807, 2.05) is 0 Å². The minimum Gasteiger partial charge on any atom is -0.369 e. The summed E-state index contributed by atoms with van der Waals surface area (Å²) in [6.07, 6.45) is -3.09. The van der Waals surface area contributed by atoms with E-state index in [1.165, 1.54) is 18.6 Å². The van der Waals surface area contributed by atoms with Crippen molar-refractivity contribution in [1.82, 2.24) is 0 Å². The van der Waals surface area contributed by atoms with Gasteiger partial charge in [0.25, 0.3) is 0 Å². The normalized spacial score (nSPS) is 11.3. The fourth-order valence-corrected chi connectivity index (χ4v) is 1.82. The zero-order chi connectivity index (χ0) is 14.8. The van der Waals surface area contributed by atoms with Gasteiger partial charge in [-0.2, -0.15) is 13.2 Å². The van der Waals surface area contributed by atoms with Crippen LogP contribution in [0.2, 0.25) is 0 Å². The molecule has 0 heterocycles. The maximum Gasteiger partial charge on any atom is 0.416 e. The second kappa shape index (κ2) is 5.36. The lowest BCUT2D eigenvalue weighted by Crippen LogP contribution is -2.11. The highest BCUT2D eigenvalue weighted by Crippen LogP contribution is 2.31. The minimum atomic E-state index is -4.35. The van der Waals surface area contributed by atoms with Crippen molar-refractivity contribution in [2.45, 2.75) is 6.18 Å². The van der Waals surface area contributed by atoms with E-state index in [1.54, 1.807) is 24.3 Å². The van der Waals surface area contributed by atoms with Gasteiger partial charge in [-0.15, -0.1) is 0 Å². The van der Waals surface area contributed by atoms with Gasteiger partial charge in [0.15, 0.2) is 0 Å². The Balaban J connectivity index is 2.30. The van der Waals surface area contributed by atoms with Crippen molar-refractivity contribution < 1.29 is 18.0 Å². The lowest BCUT2D eigenvalue weighted by molar-refractivity contribution is -0.137. The Labute approximate surface area is 114 Å². The van der Waals surface area contributed by atoms with Gasteiger partial charge in [0.05, 0.1) is 12.0 Å². The van der Waals surface area contributed by atoms with Crippen molar-refractivity contribution in [3.8, 4) is 11.1 Å². The summed E-state index contributed by atoms with van der Waals surface area (Å²) >= 11 is 0. The molecule has 0 atom stereocenters. The van der Waals surface area contributed by atoms with E-state index in [4.69, 9.17) is 5.73 Å². The van der Waals surface area contributed by atoms with Crippen LogP contribution in [0.4, 0.5) is 13.2 Å². The average Bonchev–Trinajstić information content (AvgIpc) is 2.37. The first-order valence-corrected chi connectivity index (χ1v) is 5.78. The molecule has 2 N–H and O–H groups in total. The number of primary amides is 1. The van der Waals surface area contributed by atoms with E-state index in [0.29, 0.717) is 16.7 Å². The number of hydrogen-bond donors (Lipinski definition) is 1. The second-order valence-corrected chi connectivity index (χ2v) is 4.25. The molecule has 0 aliphatic heterocycles. The third kappa shape index (κ3) is 3.38. The summed E-state index contributed by atoms with van der Waals surface area (Å²) in [5, 5.41) is 0. The smallest absolute Gasteiger partial charge is 0.369 e. The molecule has 5 heteroatoms. The molecule has 1 radical (unpaired) electrons. The number of nitrogens with two attached hydrogens (primary N) is 1. The lowest BCUT2D eigenvalue weighted by atomic mass is 10.0. The highest BCUT2D eigenvalue weighted by molar-refractivity contribution is 5.87. The standard InChI is InChI=1S/C15H11F3NO/c16-15(17,18)13-6-4-11(5-7-13)12-3-1-2-10(8-12)9-14(19)20/h1-9H,(H2,19,20). The summed E-state index contributed by atoms with van der Waals surface area (Å²) in [5.41, 5.74) is 6.33. The van der Waals surface area contributed by atoms with Crippen LogP contribution in [0.15, 0.2) is 48.5 Å². The summed E-state index contributed by atoms with van der Waals surface area (Å²) in [6, 6.07) is 11.7. The molecule has 0 fully saturated rings. The molecule has 0 saturated carbocycles. The summed E-state index contributed by atoms with van der Waals surface area (Å²) in [6.45, 7) is 0. The topological polar surface area (TPSA) is 43.1 Å². The monoisotopic (exact) mass is 278 g/mol. The van der Waals surface area contributed by atoms with Crippen molar-refractivity contribution >= 4 is 5.91 Å². The number of halogens is 3. The number of carbonyl (C=O) groups excluding carboxylic acids is 1. The average molecular weight is 278 g/mol. The molecule has 0 spiro atoms. The Hall–Kier alpha value is -2.30. The number of rotatable bonds is 3. The Kier molecular flexibility index (Phi) is 3.79. The van der Waals surface area contributed by atoms with Crippen LogP contribution in [0.1, 0.15) is 11.1 Å². The Morgan fingerprint density at radius 3 is 2.20 bits per heavy atom. The molecule has 20 heavy (non-hydrogen) atoms. The Morgan fingerprint density at radius 1 is 1.00 bits per heavy atom. The zero-order valence-electron chi connectivity index (χ0n) is 10.3. The van der Waals surface area contributed by atoms with E-state index in [-0.39, 0.29) is 0 Å². The molecule has 0 aliphatic rings. The van der Waals surface area contributed by atoms with Crippen LogP contribution < -0.4 is 5.73 Å². The van der Waals surface area contributed by atoms with Crippen molar-refractivity contribution in [1.29, 1.82) is 0 Å². The third-order valence-electron chi connectivity index (χ3n) is 2.74. The van der Waals surface area contributed by atoms with Gasteiger partial charge < -0.3 is 5.73 Å². The van der Waals surface area contributed by atoms with Gasteiger partial charge in [-0.25, -0.2) is 0 Å². The van der Waals surface area contributed by atoms with Gasteiger partial charge >= 0.3 is 6.18 Å². The predicted octanol–water partition coefficient (Wildman–Crippen LogP) is 3.41. The summed E-state index contributed by atoms with van der Waals surface area (Å²) in [4.78, 5) is 10.8. The number of hydrogen-bond acceptors (Lipinski definition) is 1. The molecular weight excluding hydrogens is 267 g/mol. The summed E-state index contributed by atoms with van der Waals surface area (Å²) in [5.74, 6) is -0.574. The zero-order valence-corrected chi connectivity index (χ0v) is 10.3. The van der Waals surface area contributed by atoms with Crippen molar-refractivity contribution in [3.05, 3.63) is 66.1 Å². The highest BCUT2D eigenvalue weighted by Gasteiger charge is 2.29. The highest BCUT2D eigenvalue weighted by atomic mass is 19.4. The van der Waals surface area contributed by atoms with Crippen LogP contribution in [-0.4, -0.2) is 5.91 Å². The van der Waals surface area contributed by atoms with Gasteiger partial charge in [0, 0.05) is 0 Å². The van der Waals surface area contributed by atoms with Crippen LogP contribution in [0.3, 0.4) is 0 Å². The van der Waals surface area contributed by atoms with Gasteiger partial charge in [-0.05, 0) is 28.8 Å². The van der Waals surface area contributed by atoms with Gasteiger partial charge in [-0.1, -0.05) is 36.4 Å². The number of carbonyl (C=O) groups is 1. The molecule has 2 aromatic carbocycles. The number of alkyl halides is 3. The quantitative estimate of drug-likeness (QED) is 0.918. The molecule has 103 valence electrons. The van der Waals surface area contributed by atoms with Crippen LogP contribution >= 0.6 is 0 Å². The minimum absolute atomic E-state index is 0.574. The molecule has 0 aliphatic carbocycles. The molecule has 0 aromatic heterocycles. The van der Waals surface area contributed by atoms with E-state index in [2.05, 4.69) is 0 Å². The predicted molar refractivity (Wildman–Crippen MR) is 69.5 cm³/mol. The van der Waals surface area contributed by atoms with E-state index in [9.17, 15) is 18.0 Å². The molecule has 0 bridgehead atoms. The molecule has 2 nitrogen and oxygen atoms in total. The fraction of sp³-hybridized carbons (Fsp3) is 0.0667. The van der Waals surface area contributed by atoms with Gasteiger partial charge in [0.2, 0.25) is 5.91 Å². The van der Waals surface area contributed by atoms with Crippen LogP contribution in [0, 0.1) is 6.42 Å². The third-order valence-corrected chi connectivity index (χ3v) is 2.74. The molecule has 0 saturated heterocycles. The largest absolute Gasteiger partial charge is 0.416 e. The van der Waals surface area contributed by atoms with Crippen LogP contribution in [-0.2, 0) is 11.0 Å². The van der Waals surface area contributed by atoms with Crippen LogP contribution in [0.5, 0.6) is 0 Å². The van der Waals surface area contributed by atoms with Crippen molar-refractivity contribution in [2.24, 2.45) is 5.73 Å². The molecule has 2 rings (SSSR count). The Morgan fingerprint density at radius 2 is 1.65 bits per heavy atom. The summed E-state index contributed by atoms with van der Waals surface area (Å²) in [7, 11) is 0. The second-order valence-electron chi connectivity index (χ2n) is 4.25. The van der Waals surface area contributed by atoms with Crippen LogP contribution in [0.25, 0.3) is 11.1 Å². The first kappa shape index (κ1) is 14.1. The number of amides is 1. The molecule has 1 amide bonds. The first-order chi connectivity index (χ1) is 9.36. The van der Waals surface area contributed by atoms with E-state index in [0.717, 1.165) is 12.1 Å². The molecule has 2 aromatic rings. The van der Waals surface area contributed by atoms with Crippen molar-refractivity contribution in [3.63, 3.8) is 0 Å². The SMILES string of the molecule is NC(=O)[CH]c1cccc(-c2ccc(C(F)(F)F)cc2)c1. The molecule has 0 unspecified atom stereocenters. The first-order valence-electron chi connectivity index (χ1n) is 5.78. The lowest BCUT2D eigenvalue weighted by Gasteiger charge is -2.08.